The van der Waals surface area contributed by atoms with Gasteiger partial charge in [0.15, 0.2) is 6.04 Å². The molecule has 0 N–H and O–H groups in total. The van der Waals surface area contributed by atoms with E-state index < -0.39 is 35.2 Å². The molecular weight excluding hydrogens is 420 g/mol. The van der Waals surface area contributed by atoms with Crippen molar-refractivity contribution in [3.8, 4) is 0 Å². The van der Waals surface area contributed by atoms with E-state index in [1.165, 1.54) is 12.1 Å². The molecule has 7 nitrogen and oxygen atoms in total. The first-order valence-corrected chi connectivity index (χ1v) is 10.1. The van der Waals surface area contributed by atoms with Crippen LogP contribution in [0.3, 0.4) is 0 Å². The number of esters is 1. The highest BCUT2D eigenvalue weighted by Crippen LogP contribution is 2.37. The van der Waals surface area contributed by atoms with Crippen LogP contribution in [0.5, 0.6) is 0 Å². The van der Waals surface area contributed by atoms with Crippen molar-refractivity contribution in [3.63, 3.8) is 0 Å². The summed E-state index contributed by atoms with van der Waals surface area (Å²) < 4.78 is 5.36. The minimum absolute atomic E-state index is 0.00814. The Labute approximate surface area is 183 Å². The molecule has 0 spiro atoms. The van der Waals surface area contributed by atoms with Crippen LogP contribution in [0, 0.1) is 0 Å². The number of likely N-dealkylation sites (tertiary alicyclic amines) is 1. The lowest BCUT2D eigenvalue weighted by Crippen LogP contribution is -2.69. The van der Waals surface area contributed by atoms with Crippen LogP contribution in [0.15, 0.2) is 65.9 Å². The van der Waals surface area contributed by atoms with Gasteiger partial charge in [-0.3, -0.25) is 24.2 Å². The van der Waals surface area contributed by atoms with Gasteiger partial charge in [0.05, 0.1) is 11.1 Å². The molecule has 2 aromatic carbocycles. The van der Waals surface area contributed by atoms with Crippen LogP contribution in [-0.2, 0) is 20.9 Å². The largest absolute Gasteiger partial charge is 0.456 e. The number of fused-ring (bicyclic) bond motifs is 1. The molecule has 0 bridgehead atoms. The quantitative estimate of drug-likeness (QED) is 0.179. The highest BCUT2D eigenvalue weighted by atomic mass is 35.5. The van der Waals surface area contributed by atoms with E-state index in [0.29, 0.717) is 5.57 Å². The van der Waals surface area contributed by atoms with Crippen molar-refractivity contribution in [1.29, 1.82) is 0 Å². The minimum Gasteiger partial charge on any atom is -0.456 e. The number of alkyl halides is 1. The summed E-state index contributed by atoms with van der Waals surface area (Å²) in [5, 5.41) is 0. The second-order valence-electron chi connectivity index (χ2n) is 7.46. The Kier molecular flexibility index (Phi) is 5.37. The van der Waals surface area contributed by atoms with Gasteiger partial charge in [0.25, 0.3) is 17.7 Å². The molecule has 2 heterocycles. The van der Waals surface area contributed by atoms with Gasteiger partial charge in [0.2, 0.25) is 0 Å². The predicted octanol–water partition coefficient (Wildman–Crippen LogP) is 3.10. The summed E-state index contributed by atoms with van der Waals surface area (Å²) in [6.07, 6.45) is 0. The number of carbonyl (C=O) groups excluding carboxylic acids is 4. The van der Waals surface area contributed by atoms with E-state index in [-0.39, 0.29) is 23.4 Å². The molecule has 158 valence electrons. The highest BCUT2D eigenvalue weighted by Gasteiger charge is 2.57. The number of imide groups is 1. The van der Waals surface area contributed by atoms with Gasteiger partial charge in [-0.1, -0.05) is 54.1 Å². The summed E-state index contributed by atoms with van der Waals surface area (Å²) in [6.45, 7) is 3.35. The molecular formula is C23H19ClN2O5. The predicted molar refractivity (Wildman–Crippen MR) is 112 cm³/mol. The molecule has 2 aliphatic heterocycles. The van der Waals surface area contributed by atoms with Gasteiger partial charge in [-0.15, -0.1) is 0 Å². The Morgan fingerprint density at radius 3 is 2.00 bits per heavy atom. The molecule has 31 heavy (non-hydrogen) atoms. The topological polar surface area (TPSA) is 84.0 Å². The van der Waals surface area contributed by atoms with Gasteiger partial charge in [-0.2, -0.15) is 0 Å². The van der Waals surface area contributed by atoms with Gasteiger partial charge < -0.3 is 4.74 Å². The van der Waals surface area contributed by atoms with E-state index >= 15 is 0 Å². The summed E-state index contributed by atoms with van der Waals surface area (Å²) in [7, 11) is 0. The number of benzene rings is 2. The van der Waals surface area contributed by atoms with E-state index in [0.717, 1.165) is 15.4 Å². The maximum Gasteiger partial charge on any atom is 0.355 e. The van der Waals surface area contributed by atoms with E-state index in [1.807, 2.05) is 30.3 Å². The first-order valence-electron chi connectivity index (χ1n) is 9.65. The summed E-state index contributed by atoms with van der Waals surface area (Å²) in [5.74, 6) is -2.46. The standard InChI is InChI=1S/C23H19ClN2O5/c1-13(2)17(23(30)31-12-14-8-4-3-5-9-14)25-19(24)18(22(25)29)26-20(27)15-10-6-7-11-16(15)21(26)28/h3-11,18-19H,12H2,1-2H3/t18-,19+/m1/s1. The van der Waals surface area contributed by atoms with Gasteiger partial charge in [0.1, 0.15) is 17.8 Å². The summed E-state index contributed by atoms with van der Waals surface area (Å²) in [4.78, 5) is 53.1. The van der Waals surface area contributed by atoms with E-state index in [9.17, 15) is 19.2 Å². The molecule has 0 unspecified atom stereocenters. The fourth-order valence-electron chi connectivity index (χ4n) is 3.70. The smallest absolute Gasteiger partial charge is 0.355 e. The third kappa shape index (κ3) is 3.41. The van der Waals surface area contributed by atoms with Crippen LogP contribution in [0.2, 0.25) is 0 Å². The van der Waals surface area contributed by atoms with E-state index in [2.05, 4.69) is 0 Å². The highest BCUT2D eigenvalue weighted by molar-refractivity contribution is 6.30. The molecule has 3 amide bonds. The fraction of sp³-hybridized carbons (Fsp3) is 0.217. The Morgan fingerprint density at radius 1 is 0.935 bits per heavy atom. The second-order valence-corrected chi connectivity index (χ2v) is 7.91. The lowest BCUT2D eigenvalue weighted by Gasteiger charge is -2.46. The molecule has 0 radical (unpaired) electrons. The lowest BCUT2D eigenvalue weighted by atomic mass is 10.0. The normalized spacial score (nSPS) is 19.8. The maximum absolute atomic E-state index is 13.0. The molecule has 0 aromatic heterocycles. The zero-order valence-corrected chi connectivity index (χ0v) is 17.6. The molecule has 8 heteroatoms. The Balaban J connectivity index is 1.52. The lowest BCUT2D eigenvalue weighted by molar-refractivity contribution is -0.154. The van der Waals surface area contributed by atoms with Gasteiger partial charge >= 0.3 is 5.97 Å². The number of amides is 3. The fourth-order valence-corrected chi connectivity index (χ4v) is 4.12. The van der Waals surface area contributed by atoms with Crippen molar-refractivity contribution >= 4 is 35.3 Å². The molecule has 1 fully saturated rings. The second kappa shape index (κ2) is 8.00. The number of carbonyl (C=O) groups is 4. The van der Waals surface area contributed by atoms with Crippen molar-refractivity contribution in [2.75, 3.05) is 0 Å². The number of β-lactam (4-membered cyclic amide) rings is 1. The molecule has 0 aliphatic carbocycles. The van der Waals surface area contributed by atoms with Crippen molar-refractivity contribution < 1.29 is 23.9 Å². The van der Waals surface area contributed by atoms with Gasteiger partial charge in [-0.25, -0.2) is 4.79 Å². The first-order chi connectivity index (χ1) is 14.8. The average Bonchev–Trinajstić information content (AvgIpc) is 3.01. The van der Waals surface area contributed by atoms with Crippen LogP contribution in [-0.4, -0.2) is 45.0 Å². The number of rotatable bonds is 5. The number of hydrogen-bond acceptors (Lipinski definition) is 5. The van der Waals surface area contributed by atoms with E-state index in [1.54, 1.807) is 26.0 Å². The van der Waals surface area contributed by atoms with Gasteiger partial charge in [0, 0.05) is 0 Å². The molecule has 4 rings (SSSR count). The van der Waals surface area contributed by atoms with Crippen molar-refractivity contribution in [3.05, 3.63) is 82.6 Å². The number of halogens is 1. The van der Waals surface area contributed by atoms with E-state index in [4.69, 9.17) is 16.3 Å². The van der Waals surface area contributed by atoms with Crippen LogP contribution in [0.1, 0.15) is 40.1 Å². The Morgan fingerprint density at radius 2 is 1.48 bits per heavy atom. The maximum atomic E-state index is 13.0. The number of nitrogens with zero attached hydrogens (tertiary/aromatic N) is 2. The third-order valence-corrected chi connectivity index (χ3v) is 5.66. The average molecular weight is 439 g/mol. The van der Waals surface area contributed by atoms with Crippen molar-refractivity contribution in [2.45, 2.75) is 32.0 Å². The minimum atomic E-state index is -1.19. The monoisotopic (exact) mass is 438 g/mol. The zero-order valence-electron chi connectivity index (χ0n) is 16.9. The van der Waals surface area contributed by atoms with Crippen LogP contribution in [0.4, 0.5) is 0 Å². The number of ether oxygens (including phenoxy) is 1. The Bertz CT molecular complexity index is 1090. The first kappa shape index (κ1) is 20.8. The van der Waals surface area contributed by atoms with Gasteiger partial charge in [-0.05, 0) is 37.1 Å². The number of allylic oxidation sites excluding steroid dienone is 1. The van der Waals surface area contributed by atoms with Crippen LogP contribution in [0.25, 0.3) is 0 Å². The summed E-state index contributed by atoms with van der Waals surface area (Å²) in [5.41, 5.74) is 0.709. The molecule has 2 aromatic rings. The zero-order chi connectivity index (χ0) is 22.3. The van der Waals surface area contributed by atoms with Crippen LogP contribution >= 0.6 is 11.6 Å². The summed E-state index contributed by atoms with van der Waals surface area (Å²) >= 11 is 6.45. The molecule has 1 saturated heterocycles. The summed E-state index contributed by atoms with van der Waals surface area (Å²) in [6, 6.07) is 14.3. The van der Waals surface area contributed by atoms with Crippen molar-refractivity contribution in [1.82, 2.24) is 9.80 Å². The van der Waals surface area contributed by atoms with Crippen molar-refractivity contribution in [2.24, 2.45) is 0 Å². The SMILES string of the molecule is CC(C)=C(C(=O)OCc1ccccc1)N1C(=O)[C@H](N2C(=O)c3ccccc3C2=O)[C@H]1Cl. The molecule has 2 aliphatic rings. The number of hydrogen-bond donors (Lipinski definition) is 0. The van der Waals surface area contributed by atoms with Crippen LogP contribution < -0.4 is 0 Å². The Hall–Kier alpha value is -3.45. The third-order valence-electron chi connectivity index (χ3n) is 5.22. The molecule has 2 atom stereocenters. The molecule has 0 saturated carbocycles.